The standard InChI is InChI=1S/C31H38ClN3O5S2/c1-7-40-28-15-11-10-14-27(28)35(42(38,39)25-18-16-24(41-6)17-19-25)21-29(36)34(20-23-12-8-9-13-26(23)32)22(2)30(37)33-31(3,4)5/h8-19,22H,7,20-21H2,1-6H3,(H,33,37)/t22-/m1/s1. The van der Waals surface area contributed by atoms with Crippen LogP contribution >= 0.6 is 23.4 Å². The molecule has 0 unspecified atom stereocenters. The van der Waals surface area contributed by atoms with Crippen LogP contribution in [0.3, 0.4) is 0 Å². The summed E-state index contributed by atoms with van der Waals surface area (Å²) in [5.74, 6) is -0.643. The number of ether oxygens (including phenoxy) is 1. The van der Waals surface area contributed by atoms with E-state index in [1.165, 1.54) is 28.8 Å². The van der Waals surface area contributed by atoms with Gasteiger partial charge < -0.3 is 15.0 Å². The highest BCUT2D eigenvalue weighted by molar-refractivity contribution is 7.98. The number of para-hydroxylation sites is 2. The van der Waals surface area contributed by atoms with Gasteiger partial charge in [0.05, 0.1) is 17.2 Å². The van der Waals surface area contributed by atoms with Crippen molar-refractivity contribution < 1.29 is 22.7 Å². The largest absolute Gasteiger partial charge is 0.492 e. The quantitative estimate of drug-likeness (QED) is 0.247. The number of thioether (sulfide) groups is 1. The van der Waals surface area contributed by atoms with Gasteiger partial charge >= 0.3 is 0 Å². The molecule has 11 heteroatoms. The molecule has 0 saturated carbocycles. The third kappa shape index (κ3) is 8.42. The van der Waals surface area contributed by atoms with E-state index in [-0.39, 0.29) is 23.0 Å². The zero-order valence-electron chi connectivity index (χ0n) is 24.8. The predicted octanol–water partition coefficient (Wildman–Crippen LogP) is 5.99. The molecule has 0 saturated heterocycles. The minimum atomic E-state index is -4.23. The third-order valence-corrected chi connectivity index (χ3v) is 9.21. The molecule has 0 aliphatic rings. The highest BCUT2D eigenvalue weighted by Crippen LogP contribution is 2.33. The molecule has 0 heterocycles. The molecule has 0 aliphatic heterocycles. The summed E-state index contributed by atoms with van der Waals surface area (Å²) in [6, 6.07) is 19.2. The summed E-state index contributed by atoms with van der Waals surface area (Å²) >= 11 is 7.93. The Balaban J connectivity index is 2.10. The molecule has 1 N–H and O–H groups in total. The number of hydrogen-bond acceptors (Lipinski definition) is 6. The number of anilines is 1. The number of carbonyl (C=O) groups excluding carboxylic acids is 2. The highest BCUT2D eigenvalue weighted by Gasteiger charge is 2.34. The Morgan fingerprint density at radius 3 is 2.21 bits per heavy atom. The summed E-state index contributed by atoms with van der Waals surface area (Å²) < 4.78 is 35.1. The Morgan fingerprint density at radius 2 is 1.62 bits per heavy atom. The van der Waals surface area contributed by atoms with Crippen molar-refractivity contribution >= 4 is 50.9 Å². The molecular formula is C31H38ClN3O5S2. The summed E-state index contributed by atoms with van der Waals surface area (Å²) in [7, 11) is -4.23. The lowest BCUT2D eigenvalue weighted by Crippen LogP contribution is -2.54. The second-order valence-corrected chi connectivity index (χ2v) is 13.8. The smallest absolute Gasteiger partial charge is 0.264 e. The third-order valence-electron chi connectivity index (χ3n) is 6.32. The van der Waals surface area contributed by atoms with Gasteiger partial charge in [0, 0.05) is 22.0 Å². The van der Waals surface area contributed by atoms with Gasteiger partial charge in [0.2, 0.25) is 11.8 Å². The lowest BCUT2D eigenvalue weighted by atomic mass is 10.1. The van der Waals surface area contributed by atoms with Gasteiger partial charge in [-0.1, -0.05) is 41.9 Å². The van der Waals surface area contributed by atoms with Crippen molar-refractivity contribution in [1.29, 1.82) is 0 Å². The molecule has 2 amide bonds. The van der Waals surface area contributed by atoms with Crippen LogP contribution in [0.5, 0.6) is 5.75 Å². The SMILES string of the molecule is CCOc1ccccc1N(CC(=O)N(Cc1ccccc1Cl)[C@H](C)C(=O)NC(C)(C)C)S(=O)(=O)c1ccc(SC)cc1. The topological polar surface area (TPSA) is 96.0 Å². The van der Waals surface area contributed by atoms with Crippen molar-refractivity contribution in [3.63, 3.8) is 0 Å². The van der Waals surface area contributed by atoms with Gasteiger partial charge in [-0.15, -0.1) is 11.8 Å². The zero-order chi connectivity index (χ0) is 31.1. The number of halogens is 1. The monoisotopic (exact) mass is 631 g/mol. The van der Waals surface area contributed by atoms with E-state index < -0.39 is 34.1 Å². The Morgan fingerprint density at radius 1 is 1.00 bits per heavy atom. The first kappa shape index (κ1) is 33.3. The molecular weight excluding hydrogens is 594 g/mol. The summed E-state index contributed by atoms with van der Waals surface area (Å²) in [6.45, 7) is 8.67. The molecule has 3 aromatic rings. The maximum Gasteiger partial charge on any atom is 0.264 e. The van der Waals surface area contributed by atoms with E-state index in [9.17, 15) is 18.0 Å². The number of benzene rings is 3. The van der Waals surface area contributed by atoms with E-state index in [1.807, 2.05) is 27.0 Å². The molecule has 8 nitrogen and oxygen atoms in total. The van der Waals surface area contributed by atoms with Gasteiger partial charge in [0.1, 0.15) is 18.3 Å². The maximum atomic E-state index is 14.2. The summed E-state index contributed by atoms with van der Waals surface area (Å²) in [5, 5.41) is 3.34. The van der Waals surface area contributed by atoms with E-state index >= 15 is 0 Å². The minimum absolute atomic E-state index is 0.000646. The van der Waals surface area contributed by atoms with Crippen molar-refractivity contribution in [2.24, 2.45) is 0 Å². The average Bonchev–Trinajstić information content (AvgIpc) is 2.94. The second-order valence-electron chi connectivity index (χ2n) is 10.6. The predicted molar refractivity (Wildman–Crippen MR) is 170 cm³/mol. The van der Waals surface area contributed by atoms with Gasteiger partial charge in [-0.2, -0.15) is 0 Å². The molecule has 0 bridgehead atoms. The first-order valence-corrected chi connectivity index (χ1v) is 16.6. The van der Waals surface area contributed by atoms with E-state index in [0.29, 0.717) is 22.9 Å². The molecule has 0 aliphatic carbocycles. The van der Waals surface area contributed by atoms with Gasteiger partial charge in [-0.25, -0.2) is 8.42 Å². The number of sulfonamides is 1. The van der Waals surface area contributed by atoms with Crippen molar-refractivity contribution in [3.8, 4) is 5.75 Å². The van der Waals surface area contributed by atoms with Crippen LogP contribution in [-0.2, 0) is 26.2 Å². The number of carbonyl (C=O) groups is 2. The number of amides is 2. The first-order chi connectivity index (χ1) is 19.8. The number of rotatable bonds is 12. The van der Waals surface area contributed by atoms with Crippen molar-refractivity contribution in [3.05, 3.63) is 83.4 Å². The Hall–Kier alpha value is -3.21. The molecule has 226 valence electrons. The van der Waals surface area contributed by atoms with Gasteiger partial charge in [-0.3, -0.25) is 13.9 Å². The molecule has 3 aromatic carbocycles. The molecule has 1 atom stereocenters. The van der Waals surface area contributed by atoms with Crippen LogP contribution in [-0.4, -0.2) is 56.1 Å². The van der Waals surface area contributed by atoms with Crippen molar-refractivity contribution in [2.45, 2.75) is 62.5 Å². The Labute approximate surface area is 258 Å². The van der Waals surface area contributed by atoms with Crippen LogP contribution < -0.4 is 14.4 Å². The minimum Gasteiger partial charge on any atom is -0.492 e. The summed E-state index contributed by atoms with van der Waals surface area (Å²) in [5.41, 5.74) is 0.296. The van der Waals surface area contributed by atoms with Crippen LogP contribution in [0.25, 0.3) is 0 Å². The molecule has 3 rings (SSSR count). The van der Waals surface area contributed by atoms with Gasteiger partial charge in [0.15, 0.2) is 0 Å². The fraction of sp³-hybridized carbons (Fsp3) is 0.355. The normalized spacial score (nSPS) is 12.4. The Bertz CT molecular complexity index is 1490. The van der Waals surface area contributed by atoms with Gasteiger partial charge in [0.25, 0.3) is 10.0 Å². The van der Waals surface area contributed by atoms with Crippen LogP contribution in [0.1, 0.15) is 40.2 Å². The number of hydrogen-bond donors (Lipinski definition) is 1. The van der Waals surface area contributed by atoms with Crippen LogP contribution in [0, 0.1) is 0 Å². The van der Waals surface area contributed by atoms with Crippen LogP contribution in [0.15, 0.2) is 82.6 Å². The van der Waals surface area contributed by atoms with Crippen LogP contribution in [0.2, 0.25) is 5.02 Å². The average molecular weight is 632 g/mol. The summed E-state index contributed by atoms with van der Waals surface area (Å²) in [4.78, 5) is 29.7. The van der Waals surface area contributed by atoms with E-state index in [4.69, 9.17) is 16.3 Å². The molecule has 0 radical (unpaired) electrons. The van der Waals surface area contributed by atoms with E-state index in [0.717, 1.165) is 9.20 Å². The van der Waals surface area contributed by atoms with E-state index in [2.05, 4.69) is 5.32 Å². The van der Waals surface area contributed by atoms with Crippen molar-refractivity contribution in [1.82, 2.24) is 10.2 Å². The Kier molecular flexibility index (Phi) is 11.3. The molecule has 0 spiro atoms. The lowest BCUT2D eigenvalue weighted by Gasteiger charge is -2.34. The molecule has 0 aromatic heterocycles. The summed E-state index contributed by atoms with van der Waals surface area (Å²) in [6.07, 6.45) is 1.90. The highest BCUT2D eigenvalue weighted by atomic mass is 35.5. The number of nitrogens with one attached hydrogen (secondary N) is 1. The second kappa shape index (κ2) is 14.3. The van der Waals surface area contributed by atoms with E-state index in [1.54, 1.807) is 74.5 Å². The fourth-order valence-electron chi connectivity index (χ4n) is 4.20. The maximum absolute atomic E-state index is 14.2. The number of nitrogens with zero attached hydrogens (tertiary/aromatic N) is 2. The zero-order valence-corrected chi connectivity index (χ0v) is 27.1. The van der Waals surface area contributed by atoms with Gasteiger partial charge in [-0.05, 0) is 88.9 Å². The first-order valence-electron chi connectivity index (χ1n) is 13.5. The van der Waals surface area contributed by atoms with Crippen molar-refractivity contribution in [2.75, 3.05) is 23.7 Å². The fourth-order valence-corrected chi connectivity index (χ4v) is 6.22. The van der Waals surface area contributed by atoms with Crippen LogP contribution in [0.4, 0.5) is 5.69 Å². The molecule has 42 heavy (non-hydrogen) atoms. The molecule has 0 fully saturated rings. The lowest BCUT2D eigenvalue weighted by molar-refractivity contribution is -0.140.